The van der Waals surface area contributed by atoms with E-state index in [1.807, 2.05) is 19.1 Å². The van der Waals surface area contributed by atoms with Gasteiger partial charge in [0, 0.05) is 16.7 Å². The molecule has 1 heterocycles. The second kappa shape index (κ2) is 9.76. The average Bonchev–Trinajstić information content (AvgIpc) is 2.85. The maximum atomic E-state index is 13.4. The third-order valence-corrected chi connectivity index (χ3v) is 5.52. The van der Waals surface area contributed by atoms with E-state index < -0.39 is 11.4 Å². The van der Waals surface area contributed by atoms with Gasteiger partial charge in [0.25, 0.3) is 0 Å². The largest absolute Gasteiger partial charge is 0.497 e. The number of aryl methyl sites for hydroxylation is 1. The van der Waals surface area contributed by atoms with E-state index in [2.05, 4.69) is 0 Å². The van der Waals surface area contributed by atoms with Crippen LogP contribution in [0.4, 0.5) is 0 Å². The molecule has 0 unspecified atom stereocenters. The topological polar surface area (TPSA) is 65.7 Å². The number of rotatable bonds is 6. The highest BCUT2D eigenvalue weighted by molar-refractivity contribution is 6.32. The molecule has 0 atom stereocenters. The minimum Gasteiger partial charge on any atom is -0.497 e. The van der Waals surface area contributed by atoms with Gasteiger partial charge in [-0.3, -0.25) is 4.79 Å². The summed E-state index contributed by atoms with van der Waals surface area (Å²) in [5.74, 6) is -0.0766. The molecule has 3 aromatic carbocycles. The van der Waals surface area contributed by atoms with Crippen LogP contribution in [0.1, 0.15) is 18.1 Å². The van der Waals surface area contributed by atoms with E-state index in [0.29, 0.717) is 32.9 Å². The molecule has 0 aliphatic rings. The minimum atomic E-state index is -0.719. The van der Waals surface area contributed by atoms with E-state index in [1.54, 1.807) is 61.7 Å². The lowest BCUT2D eigenvalue weighted by Gasteiger charge is -2.11. The fraction of sp³-hybridized carbons (Fsp3) is 0.111. The quantitative estimate of drug-likeness (QED) is 0.249. The molecular formula is C27H21ClO5. The summed E-state index contributed by atoms with van der Waals surface area (Å²) in [6.45, 7) is 1.99. The van der Waals surface area contributed by atoms with Gasteiger partial charge in [0.1, 0.15) is 11.3 Å². The second-order valence-corrected chi connectivity index (χ2v) is 7.69. The first-order valence-electron chi connectivity index (χ1n) is 10.4. The number of esters is 1. The molecule has 0 radical (unpaired) electrons. The molecule has 166 valence electrons. The zero-order chi connectivity index (χ0) is 23.4. The fourth-order valence-corrected chi connectivity index (χ4v) is 3.57. The molecule has 6 heteroatoms. The Morgan fingerprint density at radius 1 is 1.06 bits per heavy atom. The van der Waals surface area contributed by atoms with Gasteiger partial charge in [0.05, 0.1) is 12.5 Å². The highest BCUT2D eigenvalue weighted by Gasteiger charge is 2.20. The van der Waals surface area contributed by atoms with Gasteiger partial charge >= 0.3 is 5.97 Å². The van der Waals surface area contributed by atoms with Gasteiger partial charge in [-0.1, -0.05) is 42.8 Å². The van der Waals surface area contributed by atoms with Crippen molar-refractivity contribution in [1.82, 2.24) is 0 Å². The first-order chi connectivity index (χ1) is 16.0. The summed E-state index contributed by atoms with van der Waals surface area (Å²) >= 11 is 6.14. The maximum Gasteiger partial charge on any atom is 0.336 e. The van der Waals surface area contributed by atoms with Crippen LogP contribution in [0.3, 0.4) is 0 Å². The third kappa shape index (κ3) is 4.83. The van der Waals surface area contributed by atoms with Gasteiger partial charge in [-0.05, 0) is 66.1 Å². The molecule has 0 spiro atoms. The van der Waals surface area contributed by atoms with Gasteiger partial charge in [-0.2, -0.15) is 0 Å². The lowest BCUT2D eigenvalue weighted by molar-refractivity contribution is -0.129. The van der Waals surface area contributed by atoms with Crippen LogP contribution in [-0.4, -0.2) is 13.1 Å². The Morgan fingerprint density at radius 3 is 2.52 bits per heavy atom. The average molecular weight is 461 g/mol. The van der Waals surface area contributed by atoms with Crippen LogP contribution in [0.15, 0.2) is 82.0 Å². The summed E-state index contributed by atoms with van der Waals surface area (Å²) in [5.41, 5.74) is 2.20. The SMILES string of the molecule is CCc1ccc2oc(-c3ccc(OC)cc3)c(OC(=O)C=Cc3ccccc3Cl)c(=O)c2c1. The Morgan fingerprint density at radius 2 is 1.82 bits per heavy atom. The predicted molar refractivity (Wildman–Crippen MR) is 130 cm³/mol. The monoisotopic (exact) mass is 460 g/mol. The number of hydrogen-bond acceptors (Lipinski definition) is 5. The fourth-order valence-electron chi connectivity index (χ4n) is 3.37. The van der Waals surface area contributed by atoms with Crippen molar-refractivity contribution < 1.29 is 18.7 Å². The molecule has 4 rings (SSSR count). The molecule has 0 aliphatic carbocycles. The number of hydrogen-bond donors (Lipinski definition) is 0. The second-order valence-electron chi connectivity index (χ2n) is 7.28. The number of methoxy groups -OCH3 is 1. The Bertz CT molecular complexity index is 1400. The lowest BCUT2D eigenvalue weighted by Crippen LogP contribution is -2.14. The van der Waals surface area contributed by atoms with Crippen LogP contribution in [0.2, 0.25) is 5.02 Å². The molecule has 0 N–H and O–H groups in total. The summed E-state index contributed by atoms with van der Waals surface area (Å²) < 4.78 is 16.8. The van der Waals surface area contributed by atoms with Crippen LogP contribution < -0.4 is 14.9 Å². The van der Waals surface area contributed by atoms with Crippen LogP contribution in [0.25, 0.3) is 28.4 Å². The molecule has 0 fully saturated rings. The van der Waals surface area contributed by atoms with Crippen molar-refractivity contribution in [3.63, 3.8) is 0 Å². The van der Waals surface area contributed by atoms with E-state index >= 15 is 0 Å². The highest BCUT2D eigenvalue weighted by atomic mass is 35.5. The number of benzene rings is 3. The van der Waals surface area contributed by atoms with Crippen LogP contribution >= 0.6 is 11.6 Å². The summed E-state index contributed by atoms with van der Waals surface area (Å²) in [5, 5.41) is 0.849. The number of halogens is 1. The lowest BCUT2D eigenvalue weighted by atomic mass is 10.1. The number of carbonyl (C=O) groups is 1. The van der Waals surface area contributed by atoms with Gasteiger partial charge in [-0.25, -0.2) is 4.79 Å². The van der Waals surface area contributed by atoms with Crippen molar-refractivity contribution in [2.24, 2.45) is 0 Å². The van der Waals surface area contributed by atoms with Crippen LogP contribution in [0.5, 0.6) is 11.5 Å². The zero-order valence-corrected chi connectivity index (χ0v) is 18.9. The summed E-state index contributed by atoms with van der Waals surface area (Å²) in [6, 6.07) is 19.5. The van der Waals surface area contributed by atoms with Gasteiger partial charge in [-0.15, -0.1) is 0 Å². The summed E-state index contributed by atoms with van der Waals surface area (Å²) in [7, 11) is 1.56. The van der Waals surface area contributed by atoms with Gasteiger partial charge in [0.2, 0.25) is 11.2 Å². The molecule has 0 saturated heterocycles. The number of carbonyl (C=O) groups excluding carboxylic acids is 1. The summed E-state index contributed by atoms with van der Waals surface area (Å²) in [4.78, 5) is 26.0. The van der Waals surface area contributed by atoms with Crippen LogP contribution in [-0.2, 0) is 11.2 Å². The molecule has 0 aliphatic heterocycles. The normalized spacial score (nSPS) is 11.1. The van der Waals surface area contributed by atoms with E-state index in [9.17, 15) is 9.59 Å². The molecule has 1 aromatic heterocycles. The van der Waals surface area contributed by atoms with Gasteiger partial charge in [0.15, 0.2) is 5.76 Å². The molecule has 4 aromatic rings. The van der Waals surface area contributed by atoms with Crippen molar-refractivity contribution in [2.75, 3.05) is 7.11 Å². The predicted octanol–water partition coefficient (Wildman–Crippen LogP) is 6.30. The van der Waals surface area contributed by atoms with Gasteiger partial charge < -0.3 is 13.9 Å². The van der Waals surface area contributed by atoms with Crippen molar-refractivity contribution >= 4 is 34.6 Å². The Hall–Kier alpha value is -3.83. The molecule has 5 nitrogen and oxygen atoms in total. The van der Waals surface area contributed by atoms with Crippen molar-refractivity contribution in [3.05, 3.63) is 99.2 Å². The first-order valence-corrected chi connectivity index (χ1v) is 10.8. The van der Waals surface area contributed by atoms with E-state index in [-0.39, 0.29) is 11.5 Å². The Kier molecular flexibility index (Phi) is 6.61. The van der Waals surface area contributed by atoms with Crippen LogP contribution in [0, 0.1) is 0 Å². The Balaban J connectivity index is 1.79. The first kappa shape index (κ1) is 22.4. The molecular weight excluding hydrogens is 440 g/mol. The minimum absolute atomic E-state index is 0.166. The molecule has 33 heavy (non-hydrogen) atoms. The number of ether oxygens (including phenoxy) is 2. The molecule has 0 saturated carbocycles. The highest BCUT2D eigenvalue weighted by Crippen LogP contribution is 2.32. The van der Waals surface area contributed by atoms with E-state index in [4.69, 9.17) is 25.5 Å². The standard InChI is InChI=1S/C27H21ClO5/c1-3-17-8-14-23-21(16-17)25(30)27(26(32-23)19-9-12-20(31-2)13-10-19)33-24(29)15-11-18-6-4-5-7-22(18)28/h4-16H,3H2,1-2H3. The number of fused-ring (bicyclic) bond motifs is 1. The smallest absolute Gasteiger partial charge is 0.336 e. The third-order valence-electron chi connectivity index (χ3n) is 5.18. The van der Waals surface area contributed by atoms with Crippen molar-refractivity contribution in [3.8, 4) is 22.8 Å². The molecule has 0 bridgehead atoms. The Labute approximate surface area is 195 Å². The van der Waals surface area contributed by atoms with Crippen molar-refractivity contribution in [1.29, 1.82) is 0 Å². The van der Waals surface area contributed by atoms with E-state index in [0.717, 1.165) is 12.0 Å². The summed E-state index contributed by atoms with van der Waals surface area (Å²) in [6.07, 6.45) is 3.52. The van der Waals surface area contributed by atoms with E-state index in [1.165, 1.54) is 12.2 Å². The van der Waals surface area contributed by atoms with Crippen molar-refractivity contribution in [2.45, 2.75) is 13.3 Å². The molecule has 0 amide bonds. The maximum absolute atomic E-state index is 13.4. The zero-order valence-electron chi connectivity index (χ0n) is 18.1.